The fourth-order valence-corrected chi connectivity index (χ4v) is 1.22. The Labute approximate surface area is 93.7 Å². The monoisotopic (exact) mass is 216 g/mol. The van der Waals surface area contributed by atoms with Crippen molar-refractivity contribution >= 4 is 11.6 Å². The van der Waals surface area contributed by atoms with Crippen LogP contribution in [0.4, 0.5) is 5.69 Å². The second-order valence-corrected chi connectivity index (χ2v) is 3.01. The molecule has 0 saturated heterocycles. The number of azide groups is 1. The molecule has 1 aromatic rings. The van der Waals surface area contributed by atoms with Crippen LogP contribution in [0, 0.1) is 0 Å². The first-order valence-electron chi connectivity index (χ1n) is 4.73. The molecule has 0 aromatic heterocycles. The first kappa shape index (κ1) is 11.8. The van der Waals surface area contributed by atoms with Crippen molar-refractivity contribution in [2.75, 3.05) is 0 Å². The van der Waals surface area contributed by atoms with E-state index in [0.717, 1.165) is 17.7 Å². The molecule has 5 heteroatoms. The Morgan fingerprint density at radius 1 is 1.56 bits per heavy atom. The van der Waals surface area contributed by atoms with Crippen LogP contribution >= 0.6 is 0 Å². The van der Waals surface area contributed by atoms with Crippen LogP contribution in [-0.2, 0) is 11.3 Å². The van der Waals surface area contributed by atoms with Crippen LogP contribution in [0.25, 0.3) is 10.4 Å². The molecule has 82 valence electrons. The number of rotatable bonds is 4. The van der Waals surface area contributed by atoms with Crippen LogP contribution in [0.5, 0.6) is 0 Å². The molecule has 0 atom stereocenters. The summed E-state index contributed by atoms with van der Waals surface area (Å²) in [5, 5.41) is 2.97. The quantitative estimate of drug-likeness (QED) is 0.144. The molecule has 0 bridgehead atoms. The lowest BCUT2D eigenvalue weighted by atomic mass is 10.1. The van der Waals surface area contributed by atoms with E-state index >= 15 is 0 Å². The zero-order chi connectivity index (χ0) is 11.8. The summed E-state index contributed by atoms with van der Waals surface area (Å²) in [5.74, 6) is 0.300. The highest BCUT2D eigenvalue weighted by atomic mass is 16.6. The zero-order valence-electron chi connectivity index (χ0n) is 9.00. The largest absolute Gasteiger partial charge is 0.379 e. The summed E-state index contributed by atoms with van der Waals surface area (Å²) >= 11 is 0. The number of benzene rings is 1. The van der Waals surface area contributed by atoms with Crippen molar-refractivity contribution in [2.24, 2.45) is 10.3 Å². The molecule has 0 aliphatic carbocycles. The number of nitrogens with zero attached hydrogens (tertiary/aromatic N) is 4. The lowest BCUT2D eigenvalue weighted by molar-refractivity contribution is 0.317. The molecular formula is C11H12N4O. The second kappa shape index (κ2) is 6.27. The lowest BCUT2D eigenvalue weighted by Gasteiger charge is -2.03. The zero-order valence-corrected chi connectivity index (χ0v) is 9.00. The van der Waals surface area contributed by atoms with E-state index in [1.807, 2.05) is 24.3 Å². The van der Waals surface area contributed by atoms with Gasteiger partial charge in [-0.05, 0) is 23.6 Å². The second-order valence-electron chi connectivity index (χ2n) is 3.01. The number of aliphatic imine (C=N–C) groups is 1. The van der Waals surface area contributed by atoms with Crippen LogP contribution in [0.15, 0.2) is 47.2 Å². The highest BCUT2D eigenvalue weighted by molar-refractivity contribution is 5.77. The van der Waals surface area contributed by atoms with Crippen molar-refractivity contribution in [1.82, 2.24) is 0 Å². The summed E-state index contributed by atoms with van der Waals surface area (Å²) in [6, 6.07) is 7.64. The van der Waals surface area contributed by atoms with E-state index in [1.165, 1.54) is 0 Å². The Morgan fingerprint density at radius 3 is 3.00 bits per heavy atom. The van der Waals surface area contributed by atoms with E-state index in [4.69, 9.17) is 5.53 Å². The molecule has 0 unspecified atom stereocenters. The third-order valence-electron chi connectivity index (χ3n) is 1.84. The summed E-state index contributed by atoms with van der Waals surface area (Å²) in [7, 11) is 0. The standard InChI is InChI=1S/C11H12N4O/c1-3-6-10-7-4-5-8-11(10)13-9(2)16-15-14-12/h3-5,7-8H,1,6H2,2H3/b13-9+. The van der Waals surface area contributed by atoms with Crippen LogP contribution in [0.1, 0.15) is 12.5 Å². The van der Waals surface area contributed by atoms with Gasteiger partial charge in [0, 0.05) is 11.8 Å². The molecule has 1 aromatic carbocycles. The van der Waals surface area contributed by atoms with Gasteiger partial charge in [-0.3, -0.25) is 0 Å². The van der Waals surface area contributed by atoms with E-state index in [0.29, 0.717) is 5.90 Å². The minimum absolute atomic E-state index is 0.300. The normalized spacial score (nSPS) is 10.4. The maximum absolute atomic E-state index is 8.09. The van der Waals surface area contributed by atoms with E-state index < -0.39 is 0 Å². The fourth-order valence-electron chi connectivity index (χ4n) is 1.22. The summed E-state index contributed by atoms with van der Waals surface area (Å²) in [5.41, 5.74) is 9.91. The van der Waals surface area contributed by atoms with Gasteiger partial charge in [-0.1, -0.05) is 24.3 Å². The molecule has 5 nitrogen and oxygen atoms in total. The molecule has 1 rings (SSSR count). The third kappa shape index (κ3) is 3.48. The molecule has 0 heterocycles. The molecular weight excluding hydrogens is 204 g/mol. The maximum atomic E-state index is 8.09. The summed E-state index contributed by atoms with van der Waals surface area (Å²) in [4.78, 5) is 11.3. The molecule has 0 aliphatic rings. The predicted molar refractivity (Wildman–Crippen MR) is 63.3 cm³/mol. The Morgan fingerprint density at radius 2 is 2.31 bits per heavy atom. The van der Waals surface area contributed by atoms with Crippen molar-refractivity contribution in [3.8, 4) is 0 Å². The van der Waals surface area contributed by atoms with Crippen molar-refractivity contribution in [3.05, 3.63) is 52.9 Å². The average Bonchev–Trinajstić information content (AvgIpc) is 2.29. The van der Waals surface area contributed by atoms with Crippen LogP contribution in [0.2, 0.25) is 0 Å². The van der Waals surface area contributed by atoms with Crippen LogP contribution in [-0.4, -0.2) is 5.90 Å². The third-order valence-corrected chi connectivity index (χ3v) is 1.84. The van der Waals surface area contributed by atoms with E-state index in [2.05, 4.69) is 26.6 Å². The molecule has 0 spiro atoms. The topological polar surface area (TPSA) is 70.4 Å². The van der Waals surface area contributed by atoms with Crippen LogP contribution < -0.4 is 0 Å². The Kier molecular flexibility index (Phi) is 4.63. The molecule has 0 radical (unpaired) electrons. The predicted octanol–water partition coefficient (Wildman–Crippen LogP) is 3.71. The summed E-state index contributed by atoms with van der Waals surface area (Å²) in [6.07, 6.45) is 2.53. The van der Waals surface area contributed by atoms with Gasteiger partial charge in [0.05, 0.1) is 5.69 Å². The molecule has 0 saturated carbocycles. The van der Waals surface area contributed by atoms with Crippen molar-refractivity contribution in [3.63, 3.8) is 0 Å². The molecule has 0 N–H and O–H groups in total. The molecule has 16 heavy (non-hydrogen) atoms. The maximum Gasteiger partial charge on any atom is 0.201 e. The van der Waals surface area contributed by atoms with E-state index in [1.54, 1.807) is 13.0 Å². The van der Waals surface area contributed by atoms with Gasteiger partial charge in [-0.15, -0.1) is 6.58 Å². The summed E-state index contributed by atoms with van der Waals surface area (Å²) in [6.45, 7) is 5.30. The van der Waals surface area contributed by atoms with Gasteiger partial charge in [0.1, 0.15) is 5.28 Å². The Hall–Kier alpha value is -2.26. The van der Waals surface area contributed by atoms with Crippen molar-refractivity contribution < 1.29 is 4.84 Å². The first-order valence-corrected chi connectivity index (χ1v) is 4.73. The number of para-hydroxylation sites is 1. The van der Waals surface area contributed by atoms with Gasteiger partial charge in [0.15, 0.2) is 0 Å². The molecule has 0 amide bonds. The van der Waals surface area contributed by atoms with Gasteiger partial charge < -0.3 is 4.84 Å². The number of allylic oxidation sites excluding steroid dienone is 1. The summed E-state index contributed by atoms with van der Waals surface area (Å²) < 4.78 is 0. The minimum atomic E-state index is 0.300. The molecule has 0 aliphatic heterocycles. The van der Waals surface area contributed by atoms with Crippen molar-refractivity contribution in [2.45, 2.75) is 13.3 Å². The smallest absolute Gasteiger partial charge is 0.201 e. The number of hydrogen-bond donors (Lipinski definition) is 0. The van der Waals surface area contributed by atoms with Gasteiger partial charge in [0.2, 0.25) is 5.90 Å². The fraction of sp³-hybridized carbons (Fsp3) is 0.182. The molecule has 0 fully saturated rings. The van der Waals surface area contributed by atoms with E-state index in [9.17, 15) is 0 Å². The SMILES string of the molecule is C=CCc1ccccc1/N=C(\C)ON=[N+]=[N-]. The highest BCUT2D eigenvalue weighted by Crippen LogP contribution is 2.19. The number of hydrogen-bond acceptors (Lipinski definition) is 3. The van der Waals surface area contributed by atoms with Crippen molar-refractivity contribution in [1.29, 1.82) is 0 Å². The first-order chi connectivity index (χ1) is 7.77. The highest BCUT2D eigenvalue weighted by Gasteiger charge is 1.99. The minimum Gasteiger partial charge on any atom is -0.379 e. The Balaban J connectivity index is 2.94. The Bertz CT molecular complexity index is 447. The lowest BCUT2D eigenvalue weighted by Crippen LogP contribution is -1.92. The average molecular weight is 216 g/mol. The van der Waals surface area contributed by atoms with E-state index in [-0.39, 0.29) is 0 Å². The van der Waals surface area contributed by atoms with Gasteiger partial charge in [0.25, 0.3) is 0 Å². The van der Waals surface area contributed by atoms with Gasteiger partial charge >= 0.3 is 0 Å². The van der Waals surface area contributed by atoms with Crippen LogP contribution in [0.3, 0.4) is 0 Å². The van der Waals surface area contributed by atoms with Gasteiger partial charge in [-0.2, -0.15) is 0 Å². The van der Waals surface area contributed by atoms with Gasteiger partial charge in [-0.25, -0.2) is 4.99 Å².